The summed E-state index contributed by atoms with van der Waals surface area (Å²) in [6, 6.07) is 18.6. The molecule has 1 fully saturated rings. The number of hydrogen-bond donors (Lipinski definition) is 1. The molecule has 0 unspecified atom stereocenters. The van der Waals surface area contributed by atoms with Crippen LogP contribution in [0.25, 0.3) is 17.1 Å². The monoisotopic (exact) mass is 664 g/mol. The third kappa shape index (κ3) is 8.79. The predicted octanol–water partition coefficient (Wildman–Crippen LogP) is 7.51. The summed E-state index contributed by atoms with van der Waals surface area (Å²) in [5.41, 5.74) is 4.91. The zero-order valence-corrected chi connectivity index (χ0v) is 27.3. The molecule has 3 amide bonds. The summed E-state index contributed by atoms with van der Waals surface area (Å²) < 4.78 is 42.7. The van der Waals surface area contributed by atoms with Crippen molar-refractivity contribution in [3.8, 4) is 22.8 Å². The van der Waals surface area contributed by atoms with Gasteiger partial charge in [-0.1, -0.05) is 75.4 Å². The van der Waals surface area contributed by atoms with Crippen molar-refractivity contribution in [3.05, 3.63) is 89.7 Å². The maximum Gasteiger partial charge on any atom is 0.573 e. The minimum Gasteiger partial charge on any atom is -0.406 e. The van der Waals surface area contributed by atoms with Crippen LogP contribution in [0.1, 0.15) is 43.9 Å². The van der Waals surface area contributed by atoms with E-state index in [9.17, 15) is 22.8 Å². The lowest BCUT2D eigenvalue weighted by Crippen LogP contribution is -2.36. The smallest absolute Gasteiger partial charge is 0.406 e. The van der Waals surface area contributed by atoms with E-state index in [1.165, 1.54) is 47.0 Å². The van der Waals surface area contributed by atoms with Gasteiger partial charge < -0.3 is 10.1 Å². The number of anilines is 1. The Bertz CT molecular complexity index is 1770. The average molecular weight is 665 g/mol. The van der Waals surface area contributed by atoms with Gasteiger partial charge in [0.15, 0.2) is 11.0 Å². The molecule has 0 aliphatic carbocycles. The van der Waals surface area contributed by atoms with Crippen LogP contribution in [0, 0.1) is 12.3 Å². The average Bonchev–Trinajstić information content (AvgIpc) is 3.64. The molecular formula is C34H35F3N6O3S. The van der Waals surface area contributed by atoms with Gasteiger partial charge in [0.25, 0.3) is 0 Å². The molecule has 13 heteroatoms. The number of aliphatic imine (C=N–C) groups is 1. The van der Waals surface area contributed by atoms with E-state index in [1.54, 1.807) is 4.90 Å². The van der Waals surface area contributed by atoms with Crippen molar-refractivity contribution in [3.63, 3.8) is 0 Å². The quantitative estimate of drug-likeness (QED) is 0.188. The topological polar surface area (TPSA) is 102 Å². The number of rotatable bonds is 10. The number of amidine groups is 1. The summed E-state index contributed by atoms with van der Waals surface area (Å²) in [6.45, 7) is 8.53. The molecule has 4 aromatic rings. The Morgan fingerprint density at radius 3 is 2.47 bits per heavy atom. The number of aromatic nitrogens is 3. The molecule has 0 saturated carbocycles. The van der Waals surface area contributed by atoms with Gasteiger partial charge in [0.1, 0.15) is 12.1 Å². The fourth-order valence-corrected chi connectivity index (χ4v) is 6.05. The molecule has 0 bridgehead atoms. The lowest BCUT2D eigenvalue weighted by Gasteiger charge is -2.25. The van der Waals surface area contributed by atoms with E-state index in [0.717, 1.165) is 40.8 Å². The van der Waals surface area contributed by atoms with Gasteiger partial charge in [0.05, 0.1) is 17.1 Å². The number of carbonyl (C=O) groups is 2. The maximum atomic E-state index is 12.9. The molecule has 0 radical (unpaired) electrons. The molecule has 1 N–H and O–H groups in total. The number of nitrogens with zero attached hydrogens (tertiary/aromatic N) is 5. The molecule has 246 valence electrons. The van der Waals surface area contributed by atoms with Crippen LogP contribution in [0.4, 0.5) is 23.7 Å². The molecule has 1 aliphatic rings. The lowest BCUT2D eigenvalue weighted by molar-refractivity contribution is -0.274. The molecule has 2 heterocycles. The third-order valence-electron chi connectivity index (χ3n) is 7.40. The first-order chi connectivity index (χ1) is 22.3. The number of carbonyl (C=O) groups excluding carboxylic acids is 2. The molecule has 9 nitrogen and oxygen atoms in total. The first-order valence-corrected chi connectivity index (χ1v) is 16.1. The Hall–Kier alpha value is -4.65. The second kappa shape index (κ2) is 14.0. The number of hydrogen-bond acceptors (Lipinski definition) is 6. The van der Waals surface area contributed by atoms with Gasteiger partial charge in [-0.15, -0.1) is 18.3 Å². The van der Waals surface area contributed by atoms with Crippen molar-refractivity contribution in [2.75, 3.05) is 17.2 Å². The first-order valence-electron chi connectivity index (χ1n) is 15.1. The van der Waals surface area contributed by atoms with Crippen molar-refractivity contribution < 1.29 is 27.5 Å². The van der Waals surface area contributed by atoms with Gasteiger partial charge in [-0.3, -0.25) is 9.69 Å². The minimum absolute atomic E-state index is 0.0936. The van der Waals surface area contributed by atoms with Gasteiger partial charge in [-0.05, 0) is 72.2 Å². The zero-order chi connectivity index (χ0) is 33.8. The number of halogens is 3. The minimum atomic E-state index is -4.76. The van der Waals surface area contributed by atoms with Crippen molar-refractivity contribution in [1.29, 1.82) is 0 Å². The summed E-state index contributed by atoms with van der Waals surface area (Å²) in [5, 5.41) is 7.75. The Balaban J connectivity index is 1.19. The van der Waals surface area contributed by atoms with E-state index in [4.69, 9.17) is 0 Å². The number of benzene rings is 3. The molecule has 47 heavy (non-hydrogen) atoms. The van der Waals surface area contributed by atoms with Crippen LogP contribution in [0.2, 0.25) is 0 Å². The van der Waals surface area contributed by atoms with E-state index in [1.807, 2.05) is 63.2 Å². The second-order valence-electron chi connectivity index (χ2n) is 12.0. The molecule has 0 atom stereocenters. The Morgan fingerprint density at radius 2 is 1.79 bits per heavy atom. The van der Waals surface area contributed by atoms with Crippen molar-refractivity contribution in [2.24, 2.45) is 10.4 Å². The fraction of sp³-hybridized carbons (Fsp3) is 0.324. The van der Waals surface area contributed by atoms with Crippen molar-refractivity contribution in [2.45, 2.75) is 53.3 Å². The van der Waals surface area contributed by atoms with Gasteiger partial charge in [-0.2, -0.15) is 4.99 Å². The molecular weight excluding hydrogens is 629 g/mol. The zero-order valence-electron chi connectivity index (χ0n) is 26.5. The second-order valence-corrected chi connectivity index (χ2v) is 13.0. The number of amides is 3. The van der Waals surface area contributed by atoms with Crippen LogP contribution in [0.15, 0.2) is 78.0 Å². The van der Waals surface area contributed by atoms with Gasteiger partial charge in [0.2, 0.25) is 5.91 Å². The number of thioether (sulfide) groups is 1. The van der Waals surface area contributed by atoms with Crippen LogP contribution in [0.3, 0.4) is 0 Å². The normalized spacial score (nSPS) is 14.6. The van der Waals surface area contributed by atoms with Crippen LogP contribution in [-0.2, 0) is 17.6 Å². The predicted molar refractivity (Wildman–Crippen MR) is 177 cm³/mol. The van der Waals surface area contributed by atoms with Crippen LogP contribution in [0.5, 0.6) is 5.75 Å². The largest absolute Gasteiger partial charge is 0.573 e. The number of aryl methyl sites for hydroxylation is 2. The lowest BCUT2D eigenvalue weighted by atomic mass is 9.85. The summed E-state index contributed by atoms with van der Waals surface area (Å²) in [7, 11) is 0. The SMILES string of the molecule is CCCc1ccc(C)cc1N1C(=O)CSC1=NC(=O)NCC(C)(C)Cc1ccc(-c2ncn(-c3ccc(OC(F)(F)F)cc3)n2)cc1. The third-order valence-corrected chi connectivity index (χ3v) is 8.33. The number of ether oxygens (including phenoxy) is 1. The van der Waals surface area contributed by atoms with Crippen LogP contribution < -0.4 is 15.0 Å². The summed E-state index contributed by atoms with van der Waals surface area (Å²) >= 11 is 1.26. The van der Waals surface area contributed by atoms with E-state index >= 15 is 0 Å². The van der Waals surface area contributed by atoms with Crippen molar-refractivity contribution in [1.82, 2.24) is 20.1 Å². The number of nitrogens with one attached hydrogen (secondary N) is 1. The van der Waals surface area contributed by atoms with E-state index in [0.29, 0.717) is 29.6 Å². The van der Waals surface area contributed by atoms with Crippen molar-refractivity contribution >= 4 is 34.6 Å². The Labute approximate surface area is 275 Å². The first kappa shape index (κ1) is 33.7. The number of alkyl halides is 3. The number of urea groups is 1. The Kier molecular flexibility index (Phi) is 10.0. The van der Waals surface area contributed by atoms with E-state index in [-0.39, 0.29) is 22.8 Å². The summed E-state index contributed by atoms with van der Waals surface area (Å²) in [4.78, 5) is 35.9. The summed E-state index contributed by atoms with van der Waals surface area (Å²) in [6.07, 6.45) is -0.849. The molecule has 1 aliphatic heterocycles. The van der Waals surface area contributed by atoms with Gasteiger partial charge >= 0.3 is 12.4 Å². The molecule has 1 saturated heterocycles. The highest BCUT2D eigenvalue weighted by atomic mass is 32.2. The standard InChI is InChI=1S/C34H35F3N6O3S/c1-5-6-24-10-7-22(2)17-28(24)43-29(44)19-47-32(43)40-31(45)38-20-33(3,4)18-23-8-11-25(12-9-23)30-39-21-42(41-30)26-13-15-27(16-14-26)46-34(35,36)37/h7-17,21H,5-6,18-20H2,1-4H3,(H,38,45). The fourth-order valence-electron chi connectivity index (χ4n) is 5.19. The van der Waals surface area contributed by atoms with E-state index < -0.39 is 12.4 Å². The van der Waals surface area contributed by atoms with E-state index in [2.05, 4.69) is 32.1 Å². The maximum absolute atomic E-state index is 12.9. The highest BCUT2D eigenvalue weighted by Gasteiger charge is 2.33. The Morgan fingerprint density at radius 1 is 1.06 bits per heavy atom. The van der Waals surface area contributed by atoms with Crippen LogP contribution in [-0.4, -0.2) is 50.5 Å². The highest BCUT2D eigenvalue weighted by Crippen LogP contribution is 2.32. The van der Waals surface area contributed by atoms with Gasteiger partial charge in [-0.25, -0.2) is 14.5 Å². The molecule has 5 rings (SSSR count). The highest BCUT2D eigenvalue weighted by molar-refractivity contribution is 8.15. The van der Waals surface area contributed by atoms with Crippen LogP contribution >= 0.6 is 11.8 Å². The van der Waals surface area contributed by atoms with Gasteiger partial charge in [0, 0.05) is 12.1 Å². The molecule has 3 aromatic carbocycles. The summed E-state index contributed by atoms with van der Waals surface area (Å²) in [5.74, 6) is 0.283. The molecule has 1 aromatic heterocycles. The molecule has 0 spiro atoms.